The van der Waals surface area contributed by atoms with Crippen LogP contribution in [-0.2, 0) is 14.3 Å². The number of aliphatic hydroxyl groups excluding tert-OH is 3. The summed E-state index contributed by atoms with van der Waals surface area (Å²) in [6.07, 6.45) is -2.84. The van der Waals surface area contributed by atoms with E-state index >= 15 is 0 Å². The molecule has 2 rings (SSSR count). The fourth-order valence-electron chi connectivity index (χ4n) is 2.09. The Balaban J connectivity index is 2.31. The summed E-state index contributed by atoms with van der Waals surface area (Å²) in [4.78, 5) is 26.2. The third kappa shape index (κ3) is 2.15. The van der Waals surface area contributed by atoms with Crippen LogP contribution in [0, 0.1) is 0 Å². The molecule has 0 radical (unpaired) electrons. The Hall–Kier alpha value is -1.97. The average molecular weight is 284 g/mol. The van der Waals surface area contributed by atoms with Gasteiger partial charge in [0.25, 0.3) is 0 Å². The third-order valence-corrected chi connectivity index (χ3v) is 3.15. The molecular weight excluding hydrogens is 272 g/mol. The number of allylic oxidation sites excluding steroid dienone is 1. The Morgan fingerprint density at radius 3 is 2.80 bits per heavy atom. The van der Waals surface area contributed by atoms with Gasteiger partial charge in [-0.1, -0.05) is 5.11 Å². The number of ether oxygens (including phenoxy) is 1. The van der Waals surface area contributed by atoms with Crippen LogP contribution in [0.15, 0.2) is 17.4 Å². The third-order valence-electron chi connectivity index (χ3n) is 3.15. The highest BCUT2D eigenvalue weighted by molar-refractivity contribution is 6.06. The zero-order valence-electron chi connectivity index (χ0n) is 10.2. The Labute approximate surface area is 112 Å². The van der Waals surface area contributed by atoms with Crippen LogP contribution in [0.25, 0.3) is 10.4 Å². The lowest BCUT2D eigenvalue weighted by Gasteiger charge is -2.29. The molecule has 1 fully saturated rings. The second-order valence-electron chi connectivity index (χ2n) is 4.40. The van der Waals surface area contributed by atoms with Crippen LogP contribution < -0.4 is 0 Å². The van der Waals surface area contributed by atoms with Crippen molar-refractivity contribution in [1.82, 2.24) is 4.90 Å². The molecule has 10 nitrogen and oxygen atoms in total. The van der Waals surface area contributed by atoms with Crippen molar-refractivity contribution >= 4 is 11.7 Å². The summed E-state index contributed by atoms with van der Waals surface area (Å²) < 4.78 is 5.18. The van der Waals surface area contributed by atoms with Crippen LogP contribution in [0.1, 0.15) is 6.42 Å². The highest BCUT2D eigenvalue weighted by Crippen LogP contribution is 2.35. The summed E-state index contributed by atoms with van der Waals surface area (Å²) >= 11 is 0. The fourth-order valence-corrected chi connectivity index (χ4v) is 2.09. The Morgan fingerprint density at radius 1 is 1.55 bits per heavy atom. The molecule has 20 heavy (non-hydrogen) atoms. The standard InChI is InChI=1S/C10H12N4O6/c11-13-12-10(4-15)8(19)7(18)9(20-10)14-2-1-5(16)3-6(14)17/h1-2,7-9,15,18-19H,3-4H2/t7-,8-,9+,10+/m0/s1. The smallest absolute Gasteiger partial charge is 0.236 e. The molecule has 2 heterocycles. The van der Waals surface area contributed by atoms with Gasteiger partial charge in [-0.2, -0.15) is 0 Å². The fraction of sp³-hybridized carbons (Fsp3) is 0.600. The summed E-state index contributed by atoms with van der Waals surface area (Å²) in [5, 5.41) is 32.1. The zero-order chi connectivity index (χ0) is 14.9. The van der Waals surface area contributed by atoms with Crippen molar-refractivity contribution in [2.75, 3.05) is 6.61 Å². The quantitative estimate of drug-likeness (QED) is 0.244. The first kappa shape index (κ1) is 14.4. The molecule has 0 unspecified atom stereocenters. The van der Waals surface area contributed by atoms with Crippen LogP contribution in [0.5, 0.6) is 0 Å². The number of hydrogen-bond donors (Lipinski definition) is 3. The number of rotatable bonds is 3. The van der Waals surface area contributed by atoms with Gasteiger partial charge in [0.2, 0.25) is 11.6 Å². The molecule has 0 aromatic heterocycles. The van der Waals surface area contributed by atoms with Crippen molar-refractivity contribution < 1.29 is 29.6 Å². The van der Waals surface area contributed by atoms with Gasteiger partial charge in [-0.3, -0.25) is 14.5 Å². The molecule has 1 amide bonds. The van der Waals surface area contributed by atoms with Crippen molar-refractivity contribution in [3.8, 4) is 0 Å². The molecule has 108 valence electrons. The van der Waals surface area contributed by atoms with E-state index in [9.17, 15) is 24.9 Å². The van der Waals surface area contributed by atoms with Gasteiger partial charge in [0, 0.05) is 11.1 Å². The van der Waals surface area contributed by atoms with Gasteiger partial charge in [0.1, 0.15) is 12.2 Å². The summed E-state index contributed by atoms with van der Waals surface area (Å²) in [5.41, 5.74) is 6.37. The highest BCUT2D eigenvalue weighted by atomic mass is 16.6. The lowest BCUT2D eigenvalue weighted by Crippen LogP contribution is -2.46. The molecule has 1 saturated heterocycles. The van der Waals surface area contributed by atoms with E-state index in [4.69, 9.17) is 10.3 Å². The topological polar surface area (TPSA) is 156 Å². The first-order valence-electron chi connectivity index (χ1n) is 5.68. The molecule has 0 bridgehead atoms. The maximum atomic E-state index is 11.7. The van der Waals surface area contributed by atoms with Gasteiger partial charge in [-0.15, -0.1) is 0 Å². The molecule has 4 atom stereocenters. The van der Waals surface area contributed by atoms with Crippen molar-refractivity contribution in [3.63, 3.8) is 0 Å². The van der Waals surface area contributed by atoms with E-state index in [1.807, 2.05) is 0 Å². The molecule has 0 saturated carbocycles. The maximum Gasteiger partial charge on any atom is 0.236 e. The highest BCUT2D eigenvalue weighted by Gasteiger charge is 2.56. The van der Waals surface area contributed by atoms with Crippen molar-refractivity contribution in [2.24, 2.45) is 5.11 Å². The minimum atomic E-state index is -2.07. The number of nitrogens with zero attached hydrogens (tertiary/aromatic N) is 4. The minimum absolute atomic E-state index is 0.396. The SMILES string of the molecule is [N-]=[N+]=N[C@]1(CO)O[C@@H](N2C=CC(=O)CC2=O)[C@@H](O)[C@@H]1O. The van der Waals surface area contributed by atoms with Crippen molar-refractivity contribution in [3.05, 3.63) is 22.7 Å². The first-order valence-corrected chi connectivity index (χ1v) is 5.68. The Morgan fingerprint density at radius 2 is 2.25 bits per heavy atom. The van der Waals surface area contributed by atoms with Gasteiger partial charge in [-0.05, 0) is 11.6 Å². The molecule has 2 aliphatic heterocycles. The summed E-state index contributed by atoms with van der Waals surface area (Å²) in [6, 6.07) is 0. The molecule has 0 aliphatic carbocycles. The van der Waals surface area contributed by atoms with Gasteiger partial charge >= 0.3 is 0 Å². The van der Waals surface area contributed by atoms with E-state index < -0.39 is 48.9 Å². The van der Waals surface area contributed by atoms with Crippen LogP contribution in [0.4, 0.5) is 0 Å². The van der Waals surface area contributed by atoms with Crippen molar-refractivity contribution in [2.45, 2.75) is 30.6 Å². The van der Waals surface area contributed by atoms with Gasteiger partial charge < -0.3 is 20.1 Å². The number of carbonyl (C=O) groups is 2. The number of carbonyl (C=O) groups excluding carboxylic acids is 2. The minimum Gasteiger partial charge on any atom is -0.393 e. The molecule has 0 aromatic rings. The summed E-state index contributed by atoms with van der Waals surface area (Å²) in [7, 11) is 0. The van der Waals surface area contributed by atoms with Gasteiger partial charge in [0.05, 0.1) is 13.0 Å². The maximum absolute atomic E-state index is 11.7. The van der Waals surface area contributed by atoms with E-state index in [0.29, 0.717) is 0 Å². The van der Waals surface area contributed by atoms with Crippen LogP contribution >= 0.6 is 0 Å². The van der Waals surface area contributed by atoms with E-state index in [-0.39, 0.29) is 0 Å². The number of ketones is 1. The average Bonchev–Trinajstić information content (AvgIpc) is 2.65. The number of azide groups is 1. The predicted octanol–water partition coefficient (Wildman–Crippen LogP) is -1.62. The molecule has 3 N–H and O–H groups in total. The van der Waals surface area contributed by atoms with Crippen molar-refractivity contribution in [1.29, 1.82) is 0 Å². The van der Waals surface area contributed by atoms with Crippen LogP contribution in [0.3, 0.4) is 0 Å². The number of hydrogen-bond acceptors (Lipinski definition) is 7. The predicted molar refractivity (Wildman–Crippen MR) is 61.5 cm³/mol. The van der Waals surface area contributed by atoms with E-state index in [1.165, 1.54) is 0 Å². The summed E-state index contributed by atoms with van der Waals surface area (Å²) in [6.45, 7) is -0.879. The monoisotopic (exact) mass is 284 g/mol. The van der Waals surface area contributed by atoms with Crippen LogP contribution in [-0.4, -0.2) is 62.7 Å². The molecular formula is C10H12N4O6. The number of aliphatic hydroxyl groups is 3. The first-order chi connectivity index (χ1) is 9.45. The summed E-state index contributed by atoms with van der Waals surface area (Å²) in [5.74, 6) is -1.04. The second-order valence-corrected chi connectivity index (χ2v) is 4.40. The zero-order valence-corrected chi connectivity index (χ0v) is 10.2. The normalized spacial score (nSPS) is 37.1. The van der Waals surface area contributed by atoms with E-state index in [2.05, 4.69) is 10.0 Å². The molecule has 0 aromatic carbocycles. The van der Waals surface area contributed by atoms with Gasteiger partial charge in [0.15, 0.2) is 12.0 Å². The van der Waals surface area contributed by atoms with E-state index in [0.717, 1.165) is 17.2 Å². The lowest BCUT2D eigenvalue weighted by molar-refractivity contribution is -0.160. The van der Waals surface area contributed by atoms with Gasteiger partial charge in [-0.25, -0.2) is 0 Å². The largest absolute Gasteiger partial charge is 0.393 e. The molecule has 10 heteroatoms. The number of amides is 1. The van der Waals surface area contributed by atoms with E-state index in [1.54, 1.807) is 0 Å². The Kier molecular flexibility index (Phi) is 3.75. The second kappa shape index (κ2) is 5.19. The molecule has 2 aliphatic rings. The Bertz CT molecular complexity index is 516. The molecule has 0 spiro atoms. The van der Waals surface area contributed by atoms with Crippen LogP contribution in [0.2, 0.25) is 0 Å². The lowest BCUT2D eigenvalue weighted by atomic mass is 10.1.